The minimum absolute atomic E-state index is 0.128. The van der Waals surface area contributed by atoms with Crippen molar-refractivity contribution in [3.8, 4) is 12.3 Å². The Bertz CT molecular complexity index is 615. The van der Waals surface area contributed by atoms with Gasteiger partial charge in [0.25, 0.3) is 0 Å². The van der Waals surface area contributed by atoms with Crippen LogP contribution in [0.4, 0.5) is 0 Å². The van der Waals surface area contributed by atoms with E-state index in [0.29, 0.717) is 17.8 Å². The number of carbonyl (C=O) groups excluding carboxylic acids is 1. The lowest BCUT2D eigenvalue weighted by Gasteiger charge is -2.33. The van der Waals surface area contributed by atoms with Crippen LogP contribution in [0.3, 0.4) is 0 Å². The predicted octanol–water partition coefficient (Wildman–Crippen LogP) is 3.69. The molecule has 3 nitrogen and oxygen atoms in total. The molecule has 0 N–H and O–H groups in total. The Morgan fingerprint density at radius 1 is 1.19 bits per heavy atom. The van der Waals surface area contributed by atoms with Gasteiger partial charge in [0.2, 0.25) is 5.79 Å². The van der Waals surface area contributed by atoms with Crippen molar-refractivity contribution in [1.82, 2.24) is 0 Å². The number of benzene rings is 1. The molecular formula is C18H20O3. The van der Waals surface area contributed by atoms with Crippen LogP contribution < -0.4 is 0 Å². The van der Waals surface area contributed by atoms with Gasteiger partial charge in [0.15, 0.2) is 0 Å². The predicted molar refractivity (Wildman–Crippen MR) is 81.3 cm³/mol. The van der Waals surface area contributed by atoms with Crippen molar-refractivity contribution in [3.63, 3.8) is 0 Å². The summed E-state index contributed by atoms with van der Waals surface area (Å²) in [7, 11) is 0. The quantitative estimate of drug-likeness (QED) is 0.627. The largest absolute Gasteiger partial charge is 0.457 e. The molecule has 0 radical (unpaired) electrons. The van der Waals surface area contributed by atoms with Crippen LogP contribution in [0.1, 0.15) is 44.2 Å². The molecule has 0 bridgehead atoms. The van der Waals surface area contributed by atoms with E-state index in [1.807, 2.05) is 31.2 Å². The topological polar surface area (TPSA) is 35.5 Å². The van der Waals surface area contributed by atoms with Crippen LogP contribution in [-0.2, 0) is 14.3 Å². The first-order chi connectivity index (χ1) is 9.82. The highest BCUT2D eigenvalue weighted by atomic mass is 16.7. The van der Waals surface area contributed by atoms with Gasteiger partial charge in [-0.25, -0.2) is 4.79 Å². The third-order valence-electron chi connectivity index (χ3n) is 3.50. The molecule has 1 aliphatic heterocycles. The highest BCUT2D eigenvalue weighted by Gasteiger charge is 2.34. The summed E-state index contributed by atoms with van der Waals surface area (Å²) in [5.41, 5.74) is 2.72. The Hall–Kier alpha value is -2.21. The van der Waals surface area contributed by atoms with Crippen molar-refractivity contribution in [3.05, 3.63) is 46.7 Å². The van der Waals surface area contributed by atoms with Crippen molar-refractivity contribution in [2.75, 3.05) is 0 Å². The Kier molecular flexibility index (Phi) is 4.09. The van der Waals surface area contributed by atoms with Gasteiger partial charge in [-0.2, -0.15) is 0 Å². The van der Waals surface area contributed by atoms with Gasteiger partial charge < -0.3 is 9.47 Å². The van der Waals surface area contributed by atoms with Crippen LogP contribution in [0.2, 0.25) is 0 Å². The average Bonchev–Trinajstić information content (AvgIpc) is 2.41. The maximum atomic E-state index is 11.9. The zero-order valence-electron chi connectivity index (χ0n) is 12.9. The lowest BCUT2D eigenvalue weighted by Crippen LogP contribution is -2.36. The SMILES string of the molecule is C#CC(CC1=C(C)C(=O)OC(C)(C)O1)c1ccc(C)cc1. The maximum Gasteiger partial charge on any atom is 0.340 e. The van der Waals surface area contributed by atoms with Gasteiger partial charge in [-0.1, -0.05) is 35.7 Å². The molecule has 1 aliphatic rings. The zero-order valence-corrected chi connectivity index (χ0v) is 12.9. The van der Waals surface area contributed by atoms with Crippen LogP contribution in [0, 0.1) is 19.3 Å². The molecule has 2 rings (SSSR count). The minimum atomic E-state index is -0.946. The normalized spacial score (nSPS) is 18.5. The summed E-state index contributed by atoms with van der Waals surface area (Å²) in [5.74, 6) is 1.97. The molecule has 1 unspecified atom stereocenters. The number of ether oxygens (including phenoxy) is 2. The second-order valence-corrected chi connectivity index (χ2v) is 5.77. The van der Waals surface area contributed by atoms with Crippen molar-refractivity contribution in [2.24, 2.45) is 0 Å². The molecule has 0 fully saturated rings. The summed E-state index contributed by atoms with van der Waals surface area (Å²) in [6, 6.07) is 8.09. The molecule has 0 saturated heterocycles. The molecular weight excluding hydrogens is 264 g/mol. The first kappa shape index (κ1) is 15.2. The molecule has 0 amide bonds. The van der Waals surface area contributed by atoms with E-state index in [2.05, 4.69) is 5.92 Å². The Labute approximate surface area is 126 Å². The Balaban J connectivity index is 2.26. The number of hydrogen-bond donors (Lipinski definition) is 0. The van der Waals surface area contributed by atoms with Crippen LogP contribution in [0.25, 0.3) is 0 Å². The number of hydrogen-bond acceptors (Lipinski definition) is 3. The summed E-state index contributed by atoms with van der Waals surface area (Å²) >= 11 is 0. The fraction of sp³-hybridized carbons (Fsp3) is 0.389. The third kappa shape index (κ3) is 3.46. The summed E-state index contributed by atoms with van der Waals surface area (Å²) < 4.78 is 11.0. The van der Waals surface area contributed by atoms with Gasteiger partial charge in [0.1, 0.15) is 5.76 Å². The zero-order chi connectivity index (χ0) is 15.6. The summed E-state index contributed by atoms with van der Waals surface area (Å²) in [4.78, 5) is 11.9. The van der Waals surface area contributed by atoms with Gasteiger partial charge in [0.05, 0.1) is 11.5 Å². The number of cyclic esters (lactones) is 1. The highest BCUT2D eigenvalue weighted by molar-refractivity contribution is 5.89. The summed E-state index contributed by atoms with van der Waals surface area (Å²) in [5, 5.41) is 0. The summed E-state index contributed by atoms with van der Waals surface area (Å²) in [6.07, 6.45) is 6.15. The van der Waals surface area contributed by atoms with E-state index < -0.39 is 5.79 Å². The fourth-order valence-electron chi connectivity index (χ4n) is 2.26. The van der Waals surface area contributed by atoms with Crippen molar-refractivity contribution >= 4 is 5.97 Å². The number of terminal acetylenes is 1. The van der Waals surface area contributed by atoms with Crippen molar-refractivity contribution in [1.29, 1.82) is 0 Å². The van der Waals surface area contributed by atoms with Gasteiger partial charge in [0, 0.05) is 20.3 Å². The second kappa shape index (κ2) is 5.65. The minimum Gasteiger partial charge on any atom is -0.457 e. The lowest BCUT2D eigenvalue weighted by atomic mass is 9.93. The number of rotatable bonds is 3. The molecule has 1 atom stereocenters. The molecule has 0 saturated carbocycles. The molecule has 21 heavy (non-hydrogen) atoms. The molecule has 1 heterocycles. The van der Waals surface area contributed by atoms with Crippen molar-refractivity contribution in [2.45, 2.75) is 45.8 Å². The Morgan fingerprint density at radius 2 is 1.81 bits per heavy atom. The first-order valence-corrected chi connectivity index (χ1v) is 6.97. The second-order valence-electron chi connectivity index (χ2n) is 5.77. The highest BCUT2D eigenvalue weighted by Crippen LogP contribution is 2.33. The van der Waals surface area contributed by atoms with Gasteiger partial charge in [-0.15, -0.1) is 6.42 Å². The fourth-order valence-corrected chi connectivity index (χ4v) is 2.26. The first-order valence-electron chi connectivity index (χ1n) is 6.97. The van der Waals surface area contributed by atoms with E-state index in [4.69, 9.17) is 15.9 Å². The van der Waals surface area contributed by atoms with Crippen molar-refractivity contribution < 1.29 is 14.3 Å². The molecule has 1 aromatic rings. The lowest BCUT2D eigenvalue weighted by molar-refractivity contribution is -0.208. The van der Waals surface area contributed by atoms with E-state index in [-0.39, 0.29) is 11.9 Å². The molecule has 0 aromatic heterocycles. The number of allylic oxidation sites excluding steroid dienone is 1. The monoisotopic (exact) mass is 284 g/mol. The van der Waals surface area contributed by atoms with Crippen LogP contribution in [-0.4, -0.2) is 11.8 Å². The van der Waals surface area contributed by atoms with Crippen LogP contribution in [0.15, 0.2) is 35.6 Å². The number of esters is 1. The third-order valence-corrected chi connectivity index (χ3v) is 3.50. The van der Waals surface area contributed by atoms with Gasteiger partial charge in [-0.3, -0.25) is 0 Å². The van der Waals surface area contributed by atoms with E-state index in [0.717, 1.165) is 5.56 Å². The van der Waals surface area contributed by atoms with Gasteiger partial charge >= 0.3 is 5.97 Å². The van der Waals surface area contributed by atoms with E-state index in [1.165, 1.54) is 5.56 Å². The molecule has 3 heteroatoms. The van der Waals surface area contributed by atoms with E-state index in [9.17, 15) is 4.79 Å². The molecule has 1 aromatic carbocycles. The molecule has 110 valence electrons. The average molecular weight is 284 g/mol. The smallest absolute Gasteiger partial charge is 0.340 e. The van der Waals surface area contributed by atoms with E-state index in [1.54, 1.807) is 20.8 Å². The number of carbonyl (C=O) groups is 1. The standard InChI is InChI=1S/C18H20O3/c1-6-14(15-9-7-12(2)8-10-15)11-16-13(3)17(19)21-18(4,5)20-16/h1,7-10,14H,11H2,2-5H3. The van der Waals surface area contributed by atoms with Crippen LogP contribution >= 0.6 is 0 Å². The Morgan fingerprint density at radius 3 is 2.38 bits per heavy atom. The maximum absolute atomic E-state index is 11.9. The molecule has 0 spiro atoms. The number of aryl methyl sites for hydroxylation is 1. The van der Waals surface area contributed by atoms with Crippen LogP contribution in [0.5, 0.6) is 0 Å². The summed E-state index contributed by atoms with van der Waals surface area (Å²) in [6.45, 7) is 7.17. The molecule has 0 aliphatic carbocycles. The van der Waals surface area contributed by atoms with E-state index >= 15 is 0 Å². The van der Waals surface area contributed by atoms with Gasteiger partial charge in [-0.05, 0) is 19.4 Å².